The van der Waals surface area contributed by atoms with Crippen molar-refractivity contribution in [2.45, 2.75) is 26.4 Å². The minimum absolute atomic E-state index is 0.313. The fourth-order valence-electron chi connectivity index (χ4n) is 1.47. The molecule has 0 aliphatic rings. The Bertz CT molecular complexity index is 484. The van der Waals surface area contributed by atoms with Gasteiger partial charge in [-0.3, -0.25) is 4.79 Å². The molecule has 2 N–H and O–H groups in total. The molecule has 1 aromatic heterocycles. The van der Waals surface area contributed by atoms with E-state index in [4.69, 9.17) is 4.74 Å². The van der Waals surface area contributed by atoms with Gasteiger partial charge in [-0.25, -0.2) is 9.37 Å². The molecule has 0 radical (unpaired) electrons. The second-order valence-electron chi connectivity index (χ2n) is 4.93. The molecule has 116 valence electrons. The summed E-state index contributed by atoms with van der Waals surface area (Å²) in [5.41, 5.74) is -0.620. The lowest BCUT2D eigenvalue weighted by Crippen LogP contribution is -2.27. The number of nitrogens with zero attached hydrogens (tertiary/aromatic N) is 1. The summed E-state index contributed by atoms with van der Waals surface area (Å²) in [6.07, 6.45) is 4.09. The molecule has 0 aliphatic heterocycles. The lowest BCUT2D eigenvalue weighted by molar-refractivity contribution is -0.116. The highest BCUT2D eigenvalue weighted by atomic mass is 19.1. The van der Waals surface area contributed by atoms with Crippen molar-refractivity contribution in [3.05, 3.63) is 30.5 Å². The van der Waals surface area contributed by atoms with E-state index < -0.39 is 5.67 Å². The van der Waals surface area contributed by atoms with Gasteiger partial charge in [0.25, 0.3) is 0 Å². The second kappa shape index (κ2) is 8.24. The van der Waals surface area contributed by atoms with E-state index >= 15 is 0 Å². The van der Waals surface area contributed by atoms with Crippen LogP contribution in [-0.4, -0.2) is 36.3 Å². The third-order valence-electron chi connectivity index (χ3n) is 2.41. The van der Waals surface area contributed by atoms with Crippen LogP contribution in [0.1, 0.15) is 20.8 Å². The minimum atomic E-state index is -1.48. The third-order valence-corrected chi connectivity index (χ3v) is 2.41. The summed E-state index contributed by atoms with van der Waals surface area (Å²) in [7, 11) is 0. The lowest BCUT2D eigenvalue weighted by atomic mass is 10.1. The number of amides is 1. The van der Waals surface area contributed by atoms with Crippen molar-refractivity contribution >= 4 is 11.6 Å². The van der Waals surface area contributed by atoms with Crippen molar-refractivity contribution in [2.24, 2.45) is 0 Å². The molecule has 6 heteroatoms. The van der Waals surface area contributed by atoms with Gasteiger partial charge >= 0.3 is 0 Å². The molecule has 0 unspecified atom stereocenters. The normalized spacial score (nSPS) is 11.4. The molecule has 5 nitrogen and oxygen atoms in total. The number of aromatic nitrogens is 1. The van der Waals surface area contributed by atoms with Crippen LogP contribution in [0.2, 0.25) is 0 Å². The lowest BCUT2D eigenvalue weighted by Gasteiger charge is -2.09. The molecule has 0 spiro atoms. The summed E-state index contributed by atoms with van der Waals surface area (Å²) in [5, 5.41) is 5.80. The number of alkyl halides is 1. The Hall–Kier alpha value is -2.11. The van der Waals surface area contributed by atoms with Gasteiger partial charge < -0.3 is 15.4 Å². The van der Waals surface area contributed by atoms with Crippen molar-refractivity contribution in [3.63, 3.8) is 0 Å². The summed E-state index contributed by atoms with van der Waals surface area (Å²) >= 11 is 0. The van der Waals surface area contributed by atoms with Gasteiger partial charge in [-0.05, 0) is 32.9 Å². The van der Waals surface area contributed by atoms with Crippen LogP contribution in [0.4, 0.5) is 10.1 Å². The van der Waals surface area contributed by atoms with Gasteiger partial charge in [0.15, 0.2) is 0 Å². The number of ether oxygens (including phenoxy) is 1. The van der Waals surface area contributed by atoms with E-state index in [1.807, 2.05) is 13.0 Å². The smallest absolute Gasteiger partial charge is 0.243 e. The van der Waals surface area contributed by atoms with Gasteiger partial charge in [0.05, 0.1) is 6.61 Å². The van der Waals surface area contributed by atoms with Crippen molar-refractivity contribution in [1.82, 2.24) is 10.3 Å². The molecule has 0 aliphatic carbocycles. The zero-order valence-corrected chi connectivity index (χ0v) is 12.6. The highest BCUT2D eigenvalue weighted by Gasteiger charge is 2.10. The van der Waals surface area contributed by atoms with E-state index in [0.29, 0.717) is 25.6 Å². The number of anilines is 1. The molecule has 0 saturated carbocycles. The minimum Gasteiger partial charge on any atom is -0.478 e. The Labute approximate surface area is 124 Å². The maximum Gasteiger partial charge on any atom is 0.243 e. The Morgan fingerprint density at radius 1 is 1.48 bits per heavy atom. The van der Waals surface area contributed by atoms with Crippen LogP contribution in [-0.2, 0) is 4.79 Å². The highest BCUT2D eigenvalue weighted by molar-refractivity contribution is 5.87. The first-order valence-electron chi connectivity index (χ1n) is 6.89. The predicted molar refractivity (Wildman–Crippen MR) is 81.2 cm³/mol. The van der Waals surface area contributed by atoms with Crippen LogP contribution in [0.5, 0.6) is 5.88 Å². The van der Waals surface area contributed by atoms with E-state index in [1.165, 1.54) is 26.0 Å². The summed E-state index contributed by atoms with van der Waals surface area (Å²) < 4.78 is 18.5. The van der Waals surface area contributed by atoms with Gasteiger partial charge in [-0.1, -0.05) is 0 Å². The third kappa shape index (κ3) is 7.91. The molecule has 0 aromatic carbocycles. The van der Waals surface area contributed by atoms with E-state index in [9.17, 15) is 9.18 Å². The molecule has 21 heavy (non-hydrogen) atoms. The zero-order chi connectivity index (χ0) is 15.7. The van der Waals surface area contributed by atoms with Crippen LogP contribution in [0.3, 0.4) is 0 Å². The topological polar surface area (TPSA) is 63.2 Å². The second-order valence-corrected chi connectivity index (χ2v) is 4.93. The average Bonchev–Trinajstić information content (AvgIpc) is 2.41. The van der Waals surface area contributed by atoms with Gasteiger partial charge in [0.1, 0.15) is 5.67 Å². The summed E-state index contributed by atoms with van der Waals surface area (Å²) in [6.45, 7) is 6.21. The molecule has 0 atom stereocenters. The van der Waals surface area contributed by atoms with Crippen LogP contribution in [0, 0.1) is 0 Å². The molecular formula is C15H22FN3O2. The molecule has 0 fully saturated rings. The Morgan fingerprint density at radius 2 is 2.24 bits per heavy atom. The molecular weight excluding hydrogens is 273 g/mol. The van der Waals surface area contributed by atoms with E-state index in [-0.39, 0.29) is 5.91 Å². The van der Waals surface area contributed by atoms with Gasteiger partial charge in [-0.15, -0.1) is 0 Å². The van der Waals surface area contributed by atoms with E-state index in [0.717, 1.165) is 5.69 Å². The average molecular weight is 295 g/mol. The summed E-state index contributed by atoms with van der Waals surface area (Å²) in [6, 6.07) is 3.60. The van der Waals surface area contributed by atoms with Crippen molar-refractivity contribution in [1.29, 1.82) is 0 Å². The SMILES string of the molecule is CCOc1cc(NCCNC(=O)/C=C/C(C)(C)F)ccn1. The molecule has 1 amide bonds. The number of hydrogen-bond donors (Lipinski definition) is 2. The van der Waals surface area contributed by atoms with Gasteiger partial charge in [0.2, 0.25) is 11.8 Å². The summed E-state index contributed by atoms with van der Waals surface area (Å²) in [4.78, 5) is 15.5. The Balaban J connectivity index is 2.29. The number of carbonyl (C=O) groups is 1. The highest BCUT2D eigenvalue weighted by Crippen LogP contribution is 2.13. The zero-order valence-electron chi connectivity index (χ0n) is 12.6. The predicted octanol–water partition coefficient (Wildman–Crippen LogP) is 2.31. The molecule has 0 saturated heterocycles. The quantitative estimate of drug-likeness (QED) is 0.570. The number of allylic oxidation sites excluding steroid dienone is 1. The fraction of sp³-hybridized carbons (Fsp3) is 0.467. The van der Waals surface area contributed by atoms with E-state index in [1.54, 1.807) is 12.3 Å². The number of hydrogen-bond acceptors (Lipinski definition) is 4. The van der Waals surface area contributed by atoms with Crippen LogP contribution >= 0.6 is 0 Å². The molecule has 1 aromatic rings. The van der Waals surface area contributed by atoms with Crippen LogP contribution < -0.4 is 15.4 Å². The first kappa shape index (κ1) is 16.9. The maximum absolute atomic E-state index is 13.2. The maximum atomic E-state index is 13.2. The summed E-state index contributed by atoms with van der Waals surface area (Å²) in [5.74, 6) is 0.243. The van der Waals surface area contributed by atoms with Crippen LogP contribution in [0.15, 0.2) is 30.5 Å². The first-order valence-corrected chi connectivity index (χ1v) is 6.89. The molecule has 1 rings (SSSR count). The van der Waals surface area contributed by atoms with Crippen LogP contribution in [0.25, 0.3) is 0 Å². The Morgan fingerprint density at radius 3 is 2.90 bits per heavy atom. The fourth-order valence-corrected chi connectivity index (χ4v) is 1.47. The Kier molecular flexibility index (Phi) is 6.65. The largest absolute Gasteiger partial charge is 0.478 e. The van der Waals surface area contributed by atoms with Gasteiger partial charge in [-0.2, -0.15) is 0 Å². The number of carbonyl (C=O) groups excluding carboxylic acids is 1. The van der Waals surface area contributed by atoms with Crippen molar-refractivity contribution in [3.8, 4) is 5.88 Å². The van der Waals surface area contributed by atoms with Gasteiger partial charge in [0, 0.05) is 37.1 Å². The molecule has 0 bridgehead atoms. The number of rotatable bonds is 8. The van der Waals surface area contributed by atoms with Crippen molar-refractivity contribution < 1.29 is 13.9 Å². The monoisotopic (exact) mass is 295 g/mol. The number of halogens is 1. The number of pyridine rings is 1. The number of nitrogens with one attached hydrogen (secondary N) is 2. The van der Waals surface area contributed by atoms with E-state index in [2.05, 4.69) is 15.6 Å². The van der Waals surface area contributed by atoms with Crippen molar-refractivity contribution in [2.75, 3.05) is 25.0 Å². The first-order chi connectivity index (χ1) is 9.90. The standard InChI is InChI=1S/C15H22FN3O2/c1-4-21-14-11-12(6-8-19-14)17-9-10-18-13(20)5-7-15(2,3)16/h5-8,11H,4,9-10H2,1-3H3,(H,17,19)(H,18,20)/b7-5+. The molecule has 1 heterocycles.